The smallest absolute Gasteiger partial charge is 0.150 e. The first-order chi connectivity index (χ1) is 18.9. The molecular weight excluding hydrogens is 489 g/mol. The third-order valence-corrected chi connectivity index (χ3v) is 8.46. The van der Waals surface area contributed by atoms with Crippen LogP contribution in [-0.2, 0) is 0 Å². The Morgan fingerprint density at radius 3 is 2.72 bits per heavy atom. The van der Waals surface area contributed by atoms with Crippen LogP contribution in [0.15, 0.2) is 55.1 Å². The summed E-state index contributed by atoms with van der Waals surface area (Å²) in [6.45, 7) is 6.63. The third kappa shape index (κ3) is 4.14. The van der Waals surface area contributed by atoms with Crippen LogP contribution in [0, 0.1) is 11.2 Å². The van der Waals surface area contributed by atoms with Crippen molar-refractivity contribution in [2.45, 2.75) is 45.1 Å². The largest absolute Gasteiger partial charge is 0.356 e. The second kappa shape index (κ2) is 9.09. The standard InChI is InChI=1S/C31H32FN7/c1-31(2)17-33-11-9-26(31)39(3)30-27-19(15-34-16-22(27)18-6-7-18)13-24(38-30)20-8-12-36-29-21(20)14-25(37-29)28-23(32)5-4-10-35-28/h4-5,8,10,12-16,18,26,33H,6-7,9,11,17H2,1-3H3,(H,36,37)/t26-/m0/s1. The van der Waals surface area contributed by atoms with Crippen LogP contribution in [0.25, 0.3) is 44.5 Å². The van der Waals surface area contributed by atoms with Crippen LogP contribution in [0.5, 0.6) is 0 Å². The van der Waals surface area contributed by atoms with E-state index >= 15 is 0 Å². The molecule has 8 heteroatoms. The fraction of sp³-hybridized carbons (Fsp3) is 0.355. The van der Waals surface area contributed by atoms with Gasteiger partial charge in [-0.3, -0.25) is 9.97 Å². The lowest BCUT2D eigenvalue weighted by Crippen LogP contribution is -2.53. The summed E-state index contributed by atoms with van der Waals surface area (Å²) < 4.78 is 14.6. The molecule has 0 unspecified atom stereocenters. The van der Waals surface area contributed by atoms with Gasteiger partial charge in [0.25, 0.3) is 0 Å². The normalized spacial score (nSPS) is 19.0. The Hall–Kier alpha value is -3.91. The summed E-state index contributed by atoms with van der Waals surface area (Å²) in [5.41, 5.74) is 4.73. The van der Waals surface area contributed by atoms with Gasteiger partial charge in [0, 0.05) is 66.1 Å². The van der Waals surface area contributed by atoms with E-state index < -0.39 is 0 Å². The van der Waals surface area contributed by atoms with Crippen molar-refractivity contribution in [3.8, 4) is 22.6 Å². The highest BCUT2D eigenvalue weighted by Gasteiger charge is 2.37. The van der Waals surface area contributed by atoms with Crippen LogP contribution in [0.1, 0.15) is 44.6 Å². The van der Waals surface area contributed by atoms with Gasteiger partial charge in [-0.1, -0.05) is 13.8 Å². The summed E-state index contributed by atoms with van der Waals surface area (Å²) in [7, 11) is 2.20. The first kappa shape index (κ1) is 24.2. The molecule has 0 spiro atoms. The van der Waals surface area contributed by atoms with E-state index in [1.165, 1.54) is 29.9 Å². The molecule has 0 aromatic carbocycles. The molecule has 0 amide bonds. The predicted molar refractivity (Wildman–Crippen MR) is 153 cm³/mol. The quantitative estimate of drug-likeness (QED) is 0.292. The molecule has 1 atom stereocenters. The van der Waals surface area contributed by atoms with Crippen LogP contribution < -0.4 is 10.2 Å². The summed E-state index contributed by atoms with van der Waals surface area (Å²) in [5.74, 6) is 1.18. The number of piperidine rings is 1. The maximum Gasteiger partial charge on any atom is 0.150 e. The molecule has 0 bridgehead atoms. The number of nitrogens with one attached hydrogen (secondary N) is 2. The highest BCUT2D eigenvalue weighted by Crippen LogP contribution is 2.46. The van der Waals surface area contributed by atoms with E-state index in [1.54, 1.807) is 18.5 Å². The minimum atomic E-state index is -0.374. The number of aromatic nitrogens is 5. The maximum atomic E-state index is 14.6. The lowest BCUT2D eigenvalue weighted by atomic mass is 9.79. The van der Waals surface area contributed by atoms with Gasteiger partial charge < -0.3 is 15.2 Å². The average molecular weight is 522 g/mol. The van der Waals surface area contributed by atoms with Gasteiger partial charge in [0.1, 0.15) is 17.2 Å². The number of hydrogen-bond acceptors (Lipinski definition) is 6. The summed E-state index contributed by atoms with van der Waals surface area (Å²) in [4.78, 5) is 24.5. The van der Waals surface area contributed by atoms with E-state index in [0.717, 1.165) is 47.4 Å². The molecular formula is C31H32FN7. The summed E-state index contributed by atoms with van der Waals surface area (Å²) in [5, 5.41) is 6.75. The zero-order valence-corrected chi connectivity index (χ0v) is 22.5. The SMILES string of the molecule is CN(c1nc(-c2ccnc3[nH]c(-c4ncccc4F)cc23)cc2cncc(C3CC3)c12)[C@H]1CCNCC1(C)C. The van der Waals surface area contributed by atoms with Crippen LogP contribution >= 0.6 is 0 Å². The number of anilines is 1. The van der Waals surface area contributed by atoms with Crippen molar-refractivity contribution in [1.29, 1.82) is 0 Å². The van der Waals surface area contributed by atoms with Gasteiger partial charge in [-0.2, -0.15) is 0 Å². The van der Waals surface area contributed by atoms with Crippen molar-refractivity contribution < 1.29 is 4.39 Å². The number of fused-ring (bicyclic) bond motifs is 2. The number of aromatic amines is 1. The number of nitrogens with zero attached hydrogens (tertiary/aromatic N) is 5. The molecule has 1 saturated carbocycles. The average Bonchev–Trinajstić information content (AvgIpc) is 3.69. The fourth-order valence-corrected chi connectivity index (χ4v) is 6.29. The Morgan fingerprint density at radius 1 is 1.05 bits per heavy atom. The number of rotatable bonds is 5. The minimum absolute atomic E-state index is 0.0933. The Kier molecular flexibility index (Phi) is 5.63. The van der Waals surface area contributed by atoms with Gasteiger partial charge >= 0.3 is 0 Å². The summed E-state index contributed by atoms with van der Waals surface area (Å²) >= 11 is 0. The van der Waals surface area contributed by atoms with Crippen LogP contribution in [-0.4, -0.2) is 51.1 Å². The fourth-order valence-electron chi connectivity index (χ4n) is 6.29. The van der Waals surface area contributed by atoms with Gasteiger partial charge in [-0.25, -0.2) is 14.4 Å². The molecule has 2 fully saturated rings. The molecule has 0 radical (unpaired) electrons. The molecule has 1 aliphatic carbocycles. The van der Waals surface area contributed by atoms with E-state index in [9.17, 15) is 4.39 Å². The Bertz CT molecular complexity index is 1700. The predicted octanol–water partition coefficient (Wildman–Crippen LogP) is 6.08. The Labute approximate surface area is 226 Å². The van der Waals surface area contributed by atoms with E-state index in [2.05, 4.69) is 57.1 Å². The molecule has 198 valence electrons. The van der Waals surface area contributed by atoms with E-state index in [1.807, 2.05) is 24.5 Å². The minimum Gasteiger partial charge on any atom is -0.356 e. The highest BCUT2D eigenvalue weighted by atomic mass is 19.1. The van der Waals surface area contributed by atoms with Crippen LogP contribution in [0.3, 0.4) is 0 Å². The molecule has 6 heterocycles. The first-order valence-corrected chi connectivity index (χ1v) is 13.7. The molecule has 5 aromatic rings. The van der Waals surface area contributed by atoms with Gasteiger partial charge in [0.15, 0.2) is 5.82 Å². The summed E-state index contributed by atoms with van der Waals surface area (Å²) in [6.07, 6.45) is 10.8. The molecule has 7 rings (SSSR count). The van der Waals surface area contributed by atoms with Crippen molar-refractivity contribution in [2.24, 2.45) is 5.41 Å². The number of pyridine rings is 4. The van der Waals surface area contributed by atoms with Gasteiger partial charge in [-0.15, -0.1) is 0 Å². The van der Waals surface area contributed by atoms with Crippen molar-refractivity contribution in [2.75, 3.05) is 25.0 Å². The molecule has 5 aromatic heterocycles. The van der Waals surface area contributed by atoms with E-state index in [4.69, 9.17) is 4.98 Å². The Balaban J connectivity index is 1.43. The molecule has 2 aliphatic rings. The summed E-state index contributed by atoms with van der Waals surface area (Å²) in [6, 6.07) is 9.40. The zero-order chi connectivity index (χ0) is 26.7. The molecule has 2 N–H and O–H groups in total. The lowest BCUT2D eigenvalue weighted by molar-refractivity contribution is 0.215. The molecule has 7 nitrogen and oxygen atoms in total. The van der Waals surface area contributed by atoms with Gasteiger partial charge in [0.05, 0.1) is 11.4 Å². The lowest BCUT2D eigenvalue weighted by Gasteiger charge is -2.45. The van der Waals surface area contributed by atoms with Gasteiger partial charge in [0.2, 0.25) is 0 Å². The second-order valence-corrected chi connectivity index (χ2v) is 11.7. The first-order valence-electron chi connectivity index (χ1n) is 13.7. The molecule has 1 aliphatic heterocycles. The topological polar surface area (TPSA) is 82.6 Å². The molecule has 39 heavy (non-hydrogen) atoms. The second-order valence-electron chi connectivity index (χ2n) is 11.7. The molecule has 1 saturated heterocycles. The van der Waals surface area contributed by atoms with Crippen molar-refractivity contribution in [1.82, 2.24) is 30.2 Å². The number of hydrogen-bond donors (Lipinski definition) is 2. The Morgan fingerprint density at radius 2 is 1.92 bits per heavy atom. The van der Waals surface area contributed by atoms with Crippen molar-refractivity contribution in [3.63, 3.8) is 0 Å². The van der Waals surface area contributed by atoms with Gasteiger partial charge in [-0.05, 0) is 73.0 Å². The third-order valence-electron chi connectivity index (χ3n) is 8.46. The van der Waals surface area contributed by atoms with Crippen LogP contribution in [0.4, 0.5) is 10.2 Å². The zero-order valence-electron chi connectivity index (χ0n) is 22.5. The monoisotopic (exact) mass is 521 g/mol. The number of H-pyrrole nitrogens is 1. The highest BCUT2D eigenvalue weighted by molar-refractivity contribution is 6.01. The maximum absolute atomic E-state index is 14.6. The van der Waals surface area contributed by atoms with Crippen molar-refractivity contribution >= 4 is 27.6 Å². The van der Waals surface area contributed by atoms with E-state index in [0.29, 0.717) is 23.3 Å². The van der Waals surface area contributed by atoms with Crippen molar-refractivity contribution in [3.05, 3.63) is 66.5 Å². The number of halogens is 1. The van der Waals surface area contributed by atoms with Crippen LogP contribution in [0.2, 0.25) is 0 Å². The van der Waals surface area contributed by atoms with E-state index in [-0.39, 0.29) is 16.9 Å².